The van der Waals surface area contributed by atoms with Crippen LogP contribution in [-0.4, -0.2) is 62.5 Å². The predicted molar refractivity (Wildman–Crippen MR) is 52.0 cm³/mol. The molecule has 84 valence electrons. The Hall–Kier alpha value is -0.650. The van der Waals surface area contributed by atoms with Crippen molar-refractivity contribution < 1.29 is 19.4 Å². The number of methoxy groups -OCH3 is 2. The summed E-state index contributed by atoms with van der Waals surface area (Å²) in [6.45, 7) is 2.14. The van der Waals surface area contributed by atoms with Gasteiger partial charge in [-0.15, -0.1) is 0 Å². The van der Waals surface area contributed by atoms with E-state index in [2.05, 4.69) is 0 Å². The van der Waals surface area contributed by atoms with Gasteiger partial charge in [-0.3, -0.25) is 4.79 Å². The third-order valence-electron chi connectivity index (χ3n) is 1.92. The van der Waals surface area contributed by atoms with Crippen molar-refractivity contribution in [2.24, 2.45) is 0 Å². The van der Waals surface area contributed by atoms with Gasteiger partial charge in [-0.25, -0.2) is 0 Å². The number of ether oxygens (including phenoxy) is 2. The SMILES string of the molecule is COCC(O)CN(C)C(=O)C(C)OC. The summed E-state index contributed by atoms with van der Waals surface area (Å²) in [6, 6.07) is 0. The van der Waals surface area contributed by atoms with E-state index < -0.39 is 12.2 Å². The zero-order valence-electron chi connectivity index (χ0n) is 9.19. The van der Waals surface area contributed by atoms with Crippen molar-refractivity contribution in [2.75, 3.05) is 34.4 Å². The quantitative estimate of drug-likeness (QED) is 0.634. The molecule has 0 aromatic carbocycles. The molecule has 1 N–H and O–H groups in total. The largest absolute Gasteiger partial charge is 0.389 e. The molecule has 0 rings (SSSR count). The zero-order chi connectivity index (χ0) is 11.1. The molecule has 0 bridgehead atoms. The lowest BCUT2D eigenvalue weighted by molar-refractivity contribution is -0.141. The second-order valence-corrected chi connectivity index (χ2v) is 3.21. The van der Waals surface area contributed by atoms with Crippen LogP contribution in [0.15, 0.2) is 0 Å². The summed E-state index contributed by atoms with van der Waals surface area (Å²) in [4.78, 5) is 12.9. The Kier molecular flexibility index (Phi) is 6.44. The Morgan fingerprint density at radius 1 is 1.50 bits per heavy atom. The molecule has 0 aromatic rings. The predicted octanol–water partition coefficient (Wildman–Crippen LogP) is -0.513. The van der Waals surface area contributed by atoms with Crippen LogP contribution < -0.4 is 0 Å². The molecule has 0 radical (unpaired) electrons. The molecule has 0 saturated carbocycles. The lowest BCUT2D eigenvalue weighted by Crippen LogP contribution is -2.41. The van der Waals surface area contributed by atoms with Gasteiger partial charge in [0.2, 0.25) is 0 Å². The summed E-state index contributed by atoms with van der Waals surface area (Å²) >= 11 is 0. The fraction of sp³-hybridized carbons (Fsp3) is 0.889. The van der Waals surface area contributed by atoms with E-state index >= 15 is 0 Å². The average Bonchev–Trinajstić information content (AvgIpc) is 2.15. The molecule has 0 saturated heterocycles. The summed E-state index contributed by atoms with van der Waals surface area (Å²) in [5.41, 5.74) is 0. The second-order valence-electron chi connectivity index (χ2n) is 3.21. The summed E-state index contributed by atoms with van der Waals surface area (Å²) < 4.78 is 9.62. The van der Waals surface area contributed by atoms with E-state index in [0.717, 1.165) is 0 Å². The number of amides is 1. The topological polar surface area (TPSA) is 59.0 Å². The minimum absolute atomic E-state index is 0.150. The molecule has 5 nitrogen and oxygen atoms in total. The standard InChI is InChI=1S/C9H19NO4/c1-7(14-4)9(12)10(2)5-8(11)6-13-3/h7-8,11H,5-6H2,1-4H3. The van der Waals surface area contributed by atoms with Crippen molar-refractivity contribution in [1.82, 2.24) is 4.90 Å². The molecule has 0 aliphatic carbocycles. The van der Waals surface area contributed by atoms with Crippen LogP contribution in [0, 0.1) is 0 Å². The van der Waals surface area contributed by atoms with Crippen LogP contribution in [0.3, 0.4) is 0 Å². The molecule has 2 atom stereocenters. The van der Waals surface area contributed by atoms with E-state index in [1.807, 2.05) is 0 Å². The van der Waals surface area contributed by atoms with Gasteiger partial charge in [-0.1, -0.05) is 0 Å². The van der Waals surface area contributed by atoms with Crippen molar-refractivity contribution in [3.05, 3.63) is 0 Å². The summed E-state index contributed by atoms with van der Waals surface area (Å²) in [7, 11) is 4.60. The Bertz CT molecular complexity index is 174. The smallest absolute Gasteiger partial charge is 0.251 e. The molecule has 0 heterocycles. The number of likely N-dealkylation sites (N-methyl/N-ethyl adjacent to an activating group) is 1. The minimum atomic E-state index is -0.655. The average molecular weight is 205 g/mol. The van der Waals surface area contributed by atoms with Crippen molar-refractivity contribution in [2.45, 2.75) is 19.1 Å². The molecule has 0 fully saturated rings. The Morgan fingerprint density at radius 3 is 2.50 bits per heavy atom. The maximum Gasteiger partial charge on any atom is 0.251 e. The number of rotatable bonds is 6. The molecule has 14 heavy (non-hydrogen) atoms. The van der Waals surface area contributed by atoms with Crippen LogP contribution in [0.5, 0.6) is 0 Å². The molecule has 0 aliphatic rings. The van der Waals surface area contributed by atoms with Crippen molar-refractivity contribution in [3.8, 4) is 0 Å². The fourth-order valence-electron chi connectivity index (χ4n) is 1.06. The van der Waals surface area contributed by atoms with Gasteiger partial charge in [0.05, 0.1) is 12.7 Å². The van der Waals surface area contributed by atoms with Gasteiger partial charge in [0.1, 0.15) is 6.10 Å². The van der Waals surface area contributed by atoms with E-state index in [-0.39, 0.29) is 19.1 Å². The molecule has 5 heteroatoms. The van der Waals surface area contributed by atoms with Gasteiger partial charge < -0.3 is 19.5 Å². The number of nitrogens with zero attached hydrogens (tertiary/aromatic N) is 1. The highest BCUT2D eigenvalue weighted by atomic mass is 16.5. The molecule has 2 unspecified atom stereocenters. The maximum absolute atomic E-state index is 11.5. The summed E-state index contributed by atoms with van der Waals surface area (Å²) in [6.07, 6.45) is -1.13. The van der Waals surface area contributed by atoms with Crippen molar-refractivity contribution in [3.63, 3.8) is 0 Å². The van der Waals surface area contributed by atoms with Gasteiger partial charge in [-0.05, 0) is 6.92 Å². The highest BCUT2D eigenvalue weighted by molar-refractivity contribution is 5.80. The van der Waals surface area contributed by atoms with Gasteiger partial charge in [0.25, 0.3) is 5.91 Å². The summed E-state index contributed by atoms with van der Waals surface area (Å²) in [5.74, 6) is -0.150. The normalized spacial score (nSPS) is 14.9. The van der Waals surface area contributed by atoms with Gasteiger partial charge in [-0.2, -0.15) is 0 Å². The Morgan fingerprint density at radius 2 is 2.07 bits per heavy atom. The van der Waals surface area contributed by atoms with E-state index in [0.29, 0.717) is 0 Å². The van der Waals surface area contributed by atoms with Gasteiger partial charge in [0, 0.05) is 27.8 Å². The number of carbonyl (C=O) groups is 1. The lowest BCUT2D eigenvalue weighted by Gasteiger charge is -2.22. The van der Waals surface area contributed by atoms with Crippen LogP contribution in [-0.2, 0) is 14.3 Å². The maximum atomic E-state index is 11.5. The van der Waals surface area contributed by atoms with Crippen LogP contribution >= 0.6 is 0 Å². The number of hydrogen-bond donors (Lipinski definition) is 1. The number of aliphatic hydroxyl groups excluding tert-OH is 1. The minimum Gasteiger partial charge on any atom is -0.389 e. The molecule has 1 amide bonds. The zero-order valence-corrected chi connectivity index (χ0v) is 9.19. The molecular formula is C9H19NO4. The molecule has 0 spiro atoms. The number of aliphatic hydroxyl groups is 1. The first kappa shape index (κ1) is 13.4. The van der Waals surface area contributed by atoms with Crippen LogP contribution in [0.1, 0.15) is 6.92 Å². The lowest BCUT2D eigenvalue weighted by atomic mass is 10.3. The van der Waals surface area contributed by atoms with E-state index in [1.54, 1.807) is 14.0 Å². The second kappa shape index (κ2) is 6.75. The van der Waals surface area contributed by atoms with Crippen LogP contribution in [0.2, 0.25) is 0 Å². The highest BCUT2D eigenvalue weighted by Gasteiger charge is 2.18. The summed E-state index contributed by atoms with van der Waals surface area (Å²) in [5, 5.41) is 9.36. The van der Waals surface area contributed by atoms with Gasteiger partial charge >= 0.3 is 0 Å². The first-order valence-electron chi connectivity index (χ1n) is 4.47. The Balaban J connectivity index is 3.94. The van der Waals surface area contributed by atoms with Crippen molar-refractivity contribution in [1.29, 1.82) is 0 Å². The van der Waals surface area contributed by atoms with Crippen LogP contribution in [0.25, 0.3) is 0 Å². The monoisotopic (exact) mass is 205 g/mol. The first-order chi connectivity index (χ1) is 6.52. The first-order valence-corrected chi connectivity index (χ1v) is 4.47. The van der Waals surface area contributed by atoms with E-state index in [1.165, 1.54) is 19.1 Å². The molecular weight excluding hydrogens is 186 g/mol. The third-order valence-corrected chi connectivity index (χ3v) is 1.92. The Labute approximate surface area is 84.6 Å². The van der Waals surface area contributed by atoms with Gasteiger partial charge in [0.15, 0.2) is 0 Å². The fourth-order valence-corrected chi connectivity index (χ4v) is 1.06. The highest BCUT2D eigenvalue weighted by Crippen LogP contribution is 1.97. The van der Waals surface area contributed by atoms with E-state index in [4.69, 9.17) is 9.47 Å². The molecule has 0 aromatic heterocycles. The number of carbonyl (C=O) groups excluding carboxylic acids is 1. The van der Waals surface area contributed by atoms with Crippen LogP contribution in [0.4, 0.5) is 0 Å². The molecule has 0 aliphatic heterocycles. The van der Waals surface area contributed by atoms with E-state index in [9.17, 15) is 9.90 Å². The number of hydrogen-bond acceptors (Lipinski definition) is 4. The third kappa shape index (κ3) is 4.55. The van der Waals surface area contributed by atoms with Crippen molar-refractivity contribution >= 4 is 5.91 Å².